The number of carboxylic acids is 1. The van der Waals surface area contributed by atoms with E-state index in [1.54, 1.807) is 19.1 Å². The lowest BCUT2D eigenvalue weighted by atomic mass is 10.00. The van der Waals surface area contributed by atoms with Crippen LogP contribution in [-0.2, 0) is 0 Å². The molecule has 1 unspecified atom stereocenters. The number of pyridine rings is 1. The Morgan fingerprint density at radius 1 is 1.20 bits per heavy atom. The highest BCUT2D eigenvalue weighted by atomic mass is 16.4. The van der Waals surface area contributed by atoms with Crippen LogP contribution < -0.4 is 5.32 Å². The maximum atomic E-state index is 11.1. The quantitative estimate of drug-likeness (QED) is 0.869. The molecule has 2 heterocycles. The summed E-state index contributed by atoms with van der Waals surface area (Å²) in [7, 11) is 0. The van der Waals surface area contributed by atoms with Gasteiger partial charge in [-0.15, -0.1) is 0 Å². The Morgan fingerprint density at radius 3 is 2.48 bits per heavy atom. The highest BCUT2D eigenvalue weighted by Gasteiger charge is 2.23. The highest BCUT2D eigenvalue weighted by molar-refractivity contribution is 5.89. The van der Waals surface area contributed by atoms with Crippen LogP contribution >= 0.6 is 0 Å². The van der Waals surface area contributed by atoms with E-state index < -0.39 is 5.97 Å². The molecule has 0 radical (unpaired) electrons. The van der Waals surface area contributed by atoms with Gasteiger partial charge in [0.1, 0.15) is 5.82 Å². The SMILES string of the molecule is Cc1nc(NC2CCN(C(C)c3ccccc3)CC2)ccc1C(=O)O. The molecule has 0 saturated carbocycles. The van der Waals surface area contributed by atoms with Crippen LogP contribution in [0.2, 0.25) is 0 Å². The summed E-state index contributed by atoms with van der Waals surface area (Å²) in [5.74, 6) is -0.170. The number of anilines is 1. The minimum absolute atomic E-state index is 0.261. The maximum absolute atomic E-state index is 11.1. The van der Waals surface area contributed by atoms with Crippen LogP contribution in [-0.4, -0.2) is 40.1 Å². The van der Waals surface area contributed by atoms with Gasteiger partial charge in [-0.05, 0) is 44.4 Å². The fourth-order valence-electron chi connectivity index (χ4n) is 3.45. The van der Waals surface area contributed by atoms with Crippen molar-refractivity contribution in [1.29, 1.82) is 0 Å². The van der Waals surface area contributed by atoms with Crippen LogP contribution in [0.1, 0.15) is 47.4 Å². The number of piperidine rings is 1. The van der Waals surface area contributed by atoms with E-state index in [0.29, 0.717) is 17.8 Å². The van der Waals surface area contributed by atoms with Gasteiger partial charge in [-0.25, -0.2) is 9.78 Å². The van der Waals surface area contributed by atoms with Crippen LogP contribution in [0.25, 0.3) is 0 Å². The zero-order valence-corrected chi connectivity index (χ0v) is 14.8. The van der Waals surface area contributed by atoms with E-state index in [0.717, 1.165) is 31.7 Å². The second-order valence-electron chi connectivity index (χ2n) is 6.68. The number of nitrogens with zero attached hydrogens (tertiary/aromatic N) is 2. The third-order valence-electron chi connectivity index (χ3n) is 5.03. The molecule has 1 aromatic carbocycles. The summed E-state index contributed by atoms with van der Waals surface area (Å²) in [6, 6.07) is 14.8. The molecule has 25 heavy (non-hydrogen) atoms. The molecule has 1 atom stereocenters. The molecular weight excluding hydrogens is 314 g/mol. The number of rotatable bonds is 5. The third-order valence-corrected chi connectivity index (χ3v) is 5.03. The molecule has 5 nitrogen and oxygen atoms in total. The Balaban J connectivity index is 1.56. The summed E-state index contributed by atoms with van der Waals surface area (Å²) in [6.45, 7) is 6.08. The van der Waals surface area contributed by atoms with Crippen molar-refractivity contribution in [3.05, 3.63) is 59.3 Å². The van der Waals surface area contributed by atoms with Crippen LogP contribution in [0.4, 0.5) is 5.82 Å². The van der Waals surface area contributed by atoms with E-state index in [2.05, 4.69) is 52.5 Å². The van der Waals surface area contributed by atoms with Crippen LogP contribution in [0.15, 0.2) is 42.5 Å². The smallest absolute Gasteiger partial charge is 0.337 e. The molecule has 1 fully saturated rings. The van der Waals surface area contributed by atoms with Crippen molar-refractivity contribution in [2.45, 2.75) is 38.8 Å². The van der Waals surface area contributed by atoms with E-state index in [1.807, 2.05) is 0 Å². The maximum Gasteiger partial charge on any atom is 0.337 e. The fraction of sp³-hybridized carbons (Fsp3) is 0.400. The molecule has 2 N–H and O–H groups in total. The molecule has 5 heteroatoms. The largest absolute Gasteiger partial charge is 0.478 e. The minimum atomic E-state index is -0.931. The number of nitrogens with one attached hydrogen (secondary N) is 1. The number of aryl methyl sites for hydroxylation is 1. The molecule has 0 aliphatic carbocycles. The Morgan fingerprint density at radius 2 is 1.88 bits per heavy atom. The summed E-state index contributed by atoms with van der Waals surface area (Å²) in [4.78, 5) is 18.0. The van der Waals surface area contributed by atoms with Gasteiger partial charge in [-0.1, -0.05) is 30.3 Å². The molecule has 0 amide bonds. The monoisotopic (exact) mass is 339 g/mol. The summed E-state index contributed by atoms with van der Waals surface area (Å²) >= 11 is 0. The minimum Gasteiger partial charge on any atom is -0.478 e. The molecule has 132 valence electrons. The van der Waals surface area contributed by atoms with Crippen molar-refractivity contribution in [2.24, 2.45) is 0 Å². The normalized spacial score (nSPS) is 17.2. The van der Waals surface area contributed by atoms with Gasteiger partial charge < -0.3 is 10.4 Å². The fourth-order valence-corrected chi connectivity index (χ4v) is 3.45. The van der Waals surface area contributed by atoms with Gasteiger partial charge in [0.15, 0.2) is 0 Å². The first-order valence-corrected chi connectivity index (χ1v) is 8.81. The summed E-state index contributed by atoms with van der Waals surface area (Å²) in [5.41, 5.74) is 2.17. The van der Waals surface area contributed by atoms with Gasteiger partial charge in [-0.3, -0.25) is 4.90 Å². The molecule has 1 aliphatic heterocycles. The number of benzene rings is 1. The van der Waals surface area contributed by atoms with Gasteiger partial charge in [0.2, 0.25) is 0 Å². The van der Waals surface area contributed by atoms with Crippen molar-refractivity contribution in [2.75, 3.05) is 18.4 Å². The van der Waals surface area contributed by atoms with E-state index in [9.17, 15) is 4.79 Å². The summed E-state index contributed by atoms with van der Waals surface area (Å²) in [6.07, 6.45) is 2.11. The first-order chi connectivity index (χ1) is 12.0. The number of hydrogen-bond donors (Lipinski definition) is 2. The second-order valence-corrected chi connectivity index (χ2v) is 6.68. The Kier molecular flexibility index (Phi) is 5.34. The van der Waals surface area contributed by atoms with E-state index in [4.69, 9.17) is 5.11 Å². The van der Waals surface area contributed by atoms with Crippen molar-refractivity contribution in [1.82, 2.24) is 9.88 Å². The Bertz CT molecular complexity index is 725. The first kappa shape index (κ1) is 17.4. The zero-order chi connectivity index (χ0) is 17.8. The van der Waals surface area contributed by atoms with Crippen LogP contribution in [0, 0.1) is 6.92 Å². The van der Waals surface area contributed by atoms with Gasteiger partial charge in [0.25, 0.3) is 0 Å². The summed E-state index contributed by atoms with van der Waals surface area (Å²) < 4.78 is 0. The first-order valence-electron chi connectivity index (χ1n) is 8.81. The second kappa shape index (κ2) is 7.66. The average Bonchev–Trinajstić information content (AvgIpc) is 2.62. The molecule has 0 bridgehead atoms. The Hall–Kier alpha value is -2.40. The van der Waals surface area contributed by atoms with Crippen molar-refractivity contribution >= 4 is 11.8 Å². The van der Waals surface area contributed by atoms with E-state index in [1.165, 1.54) is 5.56 Å². The van der Waals surface area contributed by atoms with Crippen molar-refractivity contribution in [3.63, 3.8) is 0 Å². The number of carbonyl (C=O) groups is 1. The number of likely N-dealkylation sites (tertiary alicyclic amines) is 1. The average molecular weight is 339 g/mol. The molecule has 1 aromatic heterocycles. The standard InChI is InChI=1S/C20H25N3O2/c1-14-18(20(24)25)8-9-19(21-14)22-17-10-12-23(13-11-17)15(2)16-6-4-3-5-7-16/h3-9,15,17H,10-13H2,1-2H3,(H,21,22)(H,24,25). The van der Waals surface area contributed by atoms with Gasteiger partial charge >= 0.3 is 5.97 Å². The zero-order valence-electron chi connectivity index (χ0n) is 14.8. The van der Waals surface area contributed by atoms with Gasteiger partial charge in [0.05, 0.1) is 11.3 Å². The van der Waals surface area contributed by atoms with Gasteiger partial charge in [0, 0.05) is 25.2 Å². The van der Waals surface area contributed by atoms with E-state index >= 15 is 0 Å². The van der Waals surface area contributed by atoms with Crippen LogP contribution in [0.5, 0.6) is 0 Å². The number of carboxylic acid groups (broad SMARTS) is 1. The predicted octanol–water partition coefficient (Wildman–Crippen LogP) is 3.73. The molecule has 1 aliphatic rings. The third kappa shape index (κ3) is 4.17. The summed E-state index contributed by atoms with van der Waals surface area (Å²) in [5, 5.41) is 12.5. The molecule has 3 rings (SSSR count). The molecule has 1 saturated heterocycles. The number of aromatic carboxylic acids is 1. The number of hydrogen-bond acceptors (Lipinski definition) is 4. The highest BCUT2D eigenvalue weighted by Crippen LogP contribution is 2.25. The molecular formula is C20H25N3O2. The predicted molar refractivity (Wildman–Crippen MR) is 99.0 cm³/mol. The molecule has 0 spiro atoms. The van der Waals surface area contributed by atoms with Gasteiger partial charge in [-0.2, -0.15) is 0 Å². The van der Waals surface area contributed by atoms with Crippen molar-refractivity contribution < 1.29 is 9.90 Å². The van der Waals surface area contributed by atoms with Crippen molar-refractivity contribution in [3.8, 4) is 0 Å². The van der Waals surface area contributed by atoms with E-state index in [-0.39, 0.29) is 5.56 Å². The lowest BCUT2D eigenvalue weighted by molar-refractivity contribution is 0.0695. The number of aromatic nitrogens is 1. The lowest BCUT2D eigenvalue weighted by Gasteiger charge is -2.36. The Labute approximate surface area is 148 Å². The molecule has 2 aromatic rings. The topological polar surface area (TPSA) is 65.5 Å². The van der Waals surface area contributed by atoms with Crippen LogP contribution in [0.3, 0.4) is 0 Å². The lowest BCUT2D eigenvalue weighted by Crippen LogP contribution is -2.40.